The number of likely N-dealkylation sites (N-methyl/N-ethyl adjacent to an activating group) is 1. The molecule has 2 aromatic carbocycles. The Morgan fingerprint density at radius 2 is 1.71 bits per heavy atom. The summed E-state index contributed by atoms with van der Waals surface area (Å²) >= 11 is 0. The van der Waals surface area contributed by atoms with E-state index >= 15 is 0 Å². The van der Waals surface area contributed by atoms with Crippen LogP contribution >= 0.6 is 0 Å². The Labute approximate surface area is 275 Å². The highest BCUT2D eigenvalue weighted by Gasteiger charge is 2.79. The number of amides is 1. The van der Waals surface area contributed by atoms with Crippen LogP contribution in [-0.2, 0) is 27.3 Å². The molecule has 0 heterocycles. The number of hydrogen-bond acceptors (Lipinski definition) is 15. The number of nitriles is 1. The van der Waals surface area contributed by atoms with Crippen LogP contribution in [0, 0.1) is 16.7 Å². The van der Waals surface area contributed by atoms with E-state index in [1.807, 2.05) is 0 Å². The summed E-state index contributed by atoms with van der Waals surface area (Å²) in [5, 5.41) is 58.6. The number of Topliss-reactive ketones (excluding diaryl/α,β-unsaturated/α-hetero) is 2. The molecule has 0 bridgehead atoms. The van der Waals surface area contributed by atoms with Gasteiger partial charge in [-0.15, -0.1) is 0 Å². The number of fused-ring (bicyclic) bond motifs is 3. The van der Waals surface area contributed by atoms with E-state index in [4.69, 9.17) is 27.7 Å². The monoisotopic (exact) mass is 662 g/mol. The van der Waals surface area contributed by atoms with Crippen LogP contribution in [0.3, 0.4) is 0 Å². The standard InChI is InChI=1S/C32H38N8O8/c1-39(2)17-9-16(38-11-14-6-7-19(48-5)18(41)8-14)23(42)20-15(17)10-29(35)12-31(36)30(13-33,27(46)22(29)24(20)43)25(44)21(28(34)47)26(45)32(31,37)40(3)4/h6-9,38,41-43,45H,10-12,35-37H2,1-5H3,(H2,34,47)/t29-,30+,31+,32?/m1/s1. The smallest absolute Gasteiger partial charge is 0.255 e. The van der Waals surface area contributed by atoms with Gasteiger partial charge < -0.3 is 58.3 Å². The van der Waals surface area contributed by atoms with Crippen molar-refractivity contribution in [3.05, 3.63) is 57.9 Å². The second-order valence-electron chi connectivity index (χ2n) is 12.9. The van der Waals surface area contributed by atoms with Crippen LogP contribution in [0.2, 0.25) is 0 Å². The van der Waals surface area contributed by atoms with E-state index in [2.05, 4.69) is 5.32 Å². The zero-order chi connectivity index (χ0) is 35.9. The van der Waals surface area contributed by atoms with E-state index in [1.165, 1.54) is 27.3 Å². The summed E-state index contributed by atoms with van der Waals surface area (Å²) in [6.45, 7) is 0.102. The van der Waals surface area contributed by atoms with Gasteiger partial charge in [-0.2, -0.15) is 5.26 Å². The van der Waals surface area contributed by atoms with Crippen molar-refractivity contribution in [1.82, 2.24) is 4.90 Å². The number of aromatic hydroxyl groups is 2. The largest absolute Gasteiger partial charge is 0.508 e. The second kappa shape index (κ2) is 10.9. The molecule has 2 aromatic rings. The molecule has 3 aliphatic rings. The quantitative estimate of drug-likeness (QED) is 0.0788. The normalized spacial score (nSPS) is 28.0. The number of carbonyl (C=O) groups is 3. The number of anilines is 2. The van der Waals surface area contributed by atoms with E-state index in [0.717, 1.165) is 4.90 Å². The Morgan fingerprint density at radius 3 is 2.23 bits per heavy atom. The second-order valence-corrected chi connectivity index (χ2v) is 12.9. The Morgan fingerprint density at radius 1 is 1.06 bits per heavy atom. The van der Waals surface area contributed by atoms with Crippen LogP contribution in [0.4, 0.5) is 11.4 Å². The molecule has 254 valence electrons. The number of ketones is 2. The summed E-state index contributed by atoms with van der Waals surface area (Å²) in [5.41, 5.74) is 15.9. The molecule has 0 saturated heterocycles. The summed E-state index contributed by atoms with van der Waals surface area (Å²) in [6.07, 6.45) is -0.865. The third-order valence-electron chi connectivity index (χ3n) is 9.85. The SMILES string of the molecule is COc1ccc(CNc2cc(N(C)C)c3c(c2O)C(O)=C2C(=O)[C@]4(C#N)C(=O)C(C(N)=O)=C(O)C(N)(N(C)C)[C@]4(N)C[C@]2(N)C3)cc1O. The number of carbonyl (C=O) groups excluding carboxylic acids is 3. The number of phenols is 2. The molecule has 0 aliphatic heterocycles. The fourth-order valence-corrected chi connectivity index (χ4v) is 7.44. The Kier molecular flexibility index (Phi) is 7.69. The zero-order valence-electron chi connectivity index (χ0n) is 27.0. The number of aliphatic hydroxyl groups excluding tert-OH is 2. The number of nitrogens with zero attached hydrogens (tertiary/aromatic N) is 3. The van der Waals surface area contributed by atoms with Crippen LogP contribution in [0.5, 0.6) is 17.2 Å². The minimum atomic E-state index is -2.99. The summed E-state index contributed by atoms with van der Waals surface area (Å²) in [5.74, 6) is -6.45. The maximum Gasteiger partial charge on any atom is 0.255 e. The molecule has 0 spiro atoms. The highest BCUT2D eigenvalue weighted by Crippen LogP contribution is 2.60. The van der Waals surface area contributed by atoms with Gasteiger partial charge in [-0.1, -0.05) is 6.07 Å². The Bertz CT molecular complexity index is 1920. The molecule has 1 amide bonds. The highest BCUT2D eigenvalue weighted by atomic mass is 16.5. The average molecular weight is 663 g/mol. The first-order chi connectivity index (χ1) is 22.3. The van der Waals surface area contributed by atoms with Crippen molar-refractivity contribution in [1.29, 1.82) is 5.26 Å². The first-order valence-corrected chi connectivity index (χ1v) is 14.7. The van der Waals surface area contributed by atoms with E-state index in [0.29, 0.717) is 16.8 Å². The fraction of sp³-hybridized carbons (Fsp3) is 0.375. The molecule has 16 nitrogen and oxygen atoms in total. The number of rotatable bonds is 7. The topological polar surface area (TPSA) is 288 Å². The number of ether oxygens (including phenoxy) is 1. The first kappa shape index (κ1) is 34.0. The van der Waals surface area contributed by atoms with Crippen molar-refractivity contribution in [2.45, 2.75) is 36.1 Å². The molecular weight excluding hydrogens is 624 g/mol. The van der Waals surface area contributed by atoms with Crippen molar-refractivity contribution in [3.63, 3.8) is 0 Å². The number of nitrogens with two attached hydrogens (primary N) is 4. The fourth-order valence-electron chi connectivity index (χ4n) is 7.44. The zero-order valence-corrected chi connectivity index (χ0v) is 27.0. The van der Waals surface area contributed by atoms with Crippen molar-refractivity contribution in [2.24, 2.45) is 28.3 Å². The summed E-state index contributed by atoms with van der Waals surface area (Å²) in [7, 11) is 7.55. The van der Waals surface area contributed by atoms with Gasteiger partial charge in [-0.3, -0.25) is 19.3 Å². The van der Waals surface area contributed by atoms with Gasteiger partial charge in [0.25, 0.3) is 5.91 Å². The lowest BCUT2D eigenvalue weighted by atomic mass is 9.45. The van der Waals surface area contributed by atoms with Gasteiger partial charge in [0.2, 0.25) is 11.2 Å². The average Bonchev–Trinajstić information content (AvgIpc) is 2.99. The number of benzene rings is 2. The third-order valence-corrected chi connectivity index (χ3v) is 9.85. The molecule has 0 radical (unpaired) electrons. The highest BCUT2D eigenvalue weighted by molar-refractivity contribution is 6.34. The van der Waals surface area contributed by atoms with Gasteiger partial charge in [-0.25, -0.2) is 0 Å². The molecule has 1 saturated carbocycles. The molecule has 1 fully saturated rings. The van der Waals surface area contributed by atoms with Gasteiger partial charge in [-0.05, 0) is 56.3 Å². The number of hydrogen-bond donors (Lipinski definition) is 9. The lowest BCUT2D eigenvalue weighted by Gasteiger charge is -2.62. The lowest BCUT2D eigenvalue weighted by molar-refractivity contribution is -0.150. The van der Waals surface area contributed by atoms with E-state index in [9.17, 15) is 40.1 Å². The molecule has 48 heavy (non-hydrogen) atoms. The number of phenolic OH excluding ortho intramolecular Hbond substituents is 2. The molecular formula is C32H38N8O8. The van der Waals surface area contributed by atoms with E-state index in [1.54, 1.807) is 43.3 Å². The summed E-state index contributed by atoms with van der Waals surface area (Å²) in [4.78, 5) is 44.1. The van der Waals surface area contributed by atoms with Gasteiger partial charge in [0.1, 0.15) is 28.5 Å². The molecule has 4 atom stereocenters. The molecule has 1 unspecified atom stereocenters. The van der Waals surface area contributed by atoms with Gasteiger partial charge in [0.15, 0.2) is 17.3 Å². The van der Waals surface area contributed by atoms with E-state index in [-0.39, 0.29) is 35.7 Å². The van der Waals surface area contributed by atoms with Crippen molar-refractivity contribution >= 4 is 34.6 Å². The minimum Gasteiger partial charge on any atom is -0.508 e. The predicted molar refractivity (Wildman–Crippen MR) is 174 cm³/mol. The molecule has 13 N–H and O–H groups in total. The van der Waals surface area contributed by atoms with Gasteiger partial charge in [0.05, 0.1) is 41.1 Å². The minimum absolute atomic E-state index is 0.101. The number of nitrogens with one attached hydrogen (secondary N) is 1. The van der Waals surface area contributed by atoms with Crippen molar-refractivity contribution in [2.75, 3.05) is 45.5 Å². The van der Waals surface area contributed by atoms with Crippen LogP contribution in [0.25, 0.3) is 5.76 Å². The van der Waals surface area contributed by atoms with E-state index < -0.39 is 74.5 Å². The first-order valence-electron chi connectivity index (χ1n) is 14.7. The lowest BCUT2D eigenvalue weighted by Crippen LogP contribution is -2.87. The van der Waals surface area contributed by atoms with Gasteiger partial charge in [0, 0.05) is 26.3 Å². The third kappa shape index (κ3) is 4.12. The van der Waals surface area contributed by atoms with Gasteiger partial charge >= 0.3 is 0 Å². The molecule has 16 heteroatoms. The number of methoxy groups -OCH3 is 1. The number of primary amides is 1. The summed E-state index contributed by atoms with van der Waals surface area (Å²) < 4.78 is 5.08. The Hall–Kier alpha value is -5.34. The van der Waals surface area contributed by atoms with Crippen LogP contribution < -0.4 is 37.9 Å². The molecule has 3 aliphatic carbocycles. The summed E-state index contributed by atoms with van der Waals surface area (Å²) in [6, 6.07) is 8.01. The predicted octanol–water partition coefficient (Wildman–Crippen LogP) is -0.416. The van der Waals surface area contributed by atoms with Crippen LogP contribution in [0.15, 0.2) is 41.2 Å². The molecule has 0 aromatic heterocycles. The number of aliphatic hydroxyl groups is 2. The van der Waals surface area contributed by atoms with Crippen molar-refractivity contribution in [3.8, 4) is 23.3 Å². The van der Waals surface area contributed by atoms with Crippen LogP contribution in [-0.4, -0.2) is 94.8 Å². The van der Waals surface area contributed by atoms with Crippen LogP contribution in [0.1, 0.15) is 23.1 Å². The maximum absolute atomic E-state index is 14.7. The maximum atomic E-state index is 14.7. The van der Waals surface area contributed by atoms with Crippen molar-refractivity contribution < 1.29 is 39.5 Å². The Balaban J connectivity index is 1.75. The molecule has 5 rings (SSSR count).